The molecule has 0 spiro atoms. The fraction of sp³-hybridized carbons (Fsp3) is 0.182. The highest BCUT2D eigenvalue weighted by atomic mass is 32.1. The van der Waals surface area contributed by atoms with Gasteiger partial charge in [-0.2, -0.15) is 0 Å². The van der Waals surface area contributed by atoms with E-state index in [9.17, 15) is 4.39 Å². The molecule has 0 radical (unpaired) electrons. The number of anilines is 2. The van der Waals surface area contributed by atoms with Crippen molar-refractivity contribution in [1.29, 1.82) is 0 Å². The van der Waals surface area contributed by atoms with E-state index in [1.54, 1.807) is 12.3 Å². The highest BCUT2D eigenvalue weighted by molar-refractivity contribution is 7.19. The fourth-order valence-corrected chi connectivity index (χ4v) is 1.98. The van der Waals surface area contributed by atoms with Crippen LogP contribution >= 0.6 is 11.3 Å². The first-order valence-electron chi connectivity index (χ1n) is 4.93. The Kier molecular flexibility index (Phi) is 3.36. The standard InChI is InChI=1S/C11H12FN3S/c12-9-3-1-2-8(6-9)4-5-14-11-15-7-10(13)16-11/h1-3,6-7H,4-5,13H2,(H,14,15). The van der Waals surface area contributed by atoms with Crippen molar-refractivity contribution in [2.75, 3.05) is 17.6 Å². The number of nitrogens with zero attached hydrogens (tertiary/aromatic N) is 1. The van der Waals surface area contributed by atoms with Crippen LogP contribution in [-0.2, 0) is 6.42 Å². The van der Waals surface area contributed by atoms with Gasteiger partial charge in [0.2, 0.25) is 0 Å². The maximum atomic E-state index is 12.9. The maximum Gasteiger partial charge on any atom is 0.184 e. The highest BCUT2D eigenvalue weighted by Crippen LogP contribution is 2.19. The van der Waals surface area contributed by atoms with E-state index in [1.165, 1.54) is 23.5 Å². The second-order valence-electron chi connectivity index (χ2n) is 3.37. The lowest BCUT2D eigenvalue weighted by atomic mass is 10.1. The van der Waals surface area contributed by atoms with Crippen molar-refractivity contribution in [3.05, 3.63) is 41.8 Å². The molecule has 0 fully saturated rings. The first kappa shape index (κ1) is 10.9. The minimum absolute atomic E-state index is 0.198. The van der Waals surface area contributed by atoms with Gasteiger partial charge in [-0.05, 0) is 24.1 Å². The van der Waals surface area contributed by atoms with E-state index >= 15 is 0 Å². The molecule has 2 rings (SSSR count). The Balaban J connectivity index is 1.84. The van der Waals surface area contributed by atoms with Crippen molar-refractivity contribution in [3.63, 3.8) is 0 Å². The Morgan fingerprint density at radius 2 is 2.31 bits per heavy atom. The van der Waals surface area contributed by atoms with Crippen LogP contribution in [0.25, 0.3) is 0 Å². The van der Waals surface area contributed by atoms with Crippen LogP contribution in [0.4, 0.5) is 14.5 Å². The van der Waals surface area contributed by atoms with Crippen LogP contribution in [0.3, 0.4) is 0 Å². The molecule has 1 heterocycles. The van der Waals surface area contributed by atoms with Crippen molar-refractivity contribution in [2.24, 2.45) is 0 Å². The van der Waals surface area contributed by atoms with Gasteiger partial charge in [-0.15, -0.1) is 0 Å². The van der Waals surface area contributed by atoms with Gasteiger partial charge in [0.05, 0.1) is 6.20 Å². The van der Waals surface area contributed by atoms with E-state index in [0.29, 0.717) is 5.00 Å². The van der Waals surface area contributed by atoms with Crippen molar-refractivity contribution < 1.29 is 4.39 Å². The van der Waals surface area contributed by atoms with Crippen molar-refractivity contribution in [3.8, 4) is 0 Å². The third-order valence-corrected chi connectivity index (χ3v) is 2.89. The van der Waals surface area contributed by atoms with Gasteiger partial charge >= 0.3 is 0 Å². The summed E-state index contributed by atoms with van der Waals surface area (Å²) >= 11 is 1.41. The van der Waals surface area contributed by atoms with Gasteiger partial charge in [-0.3, -0.25) is 0 Å². The van der Waals surface area contributed by atoms with Gasteiger partial charge in [-0.1, -0.05) is 23.5 Å². The molecule has 0 bridgehead atoms. The molecule has 84 valence electrons. The van der Waals surface area contributed by atoms with Crippen LogP contribution in [0.2, 0.25) is 0 Å². The molecule has 1 aromatic heterocycles. The lowest BCUT2D eigenvalue weighted by Crippen LogP contribution is -2.04. The first-order valence-corrected chi connectivity index (χ1v) is 5.75. The number of rotatable bonds is 4. The highest BCUT2D eigenvalue weighted by Gasteiger charge is 1.98. The number of benzene rings is 1. The zero-order chi connectivity index (χ0) is 11.4. The average Bonchev–Trinajstić information content (AvgIpc) is 2.64. The predicted octanol–water partition coefficient (Wildman–Crippen LogP) is 2.52. The molecule has 3 nitrogen and oxygen atoms in total. The summed E-state index contributed by atoms with van der Waals surface area (Å²) in [7, 11) is 0. The monoisotopic (exact) mass is 237 g/mol. The Bertz CT molecular complexity index is 470. The largest absolute Gasteiger partial charge is 0.389 e. The number of thiazole rings is 1. The summed E-state index contributed by atoms with van der Waals surface area (Å²) < 4.78 is 12.9. The zero-order valence-electron chi connectivity index (χ0n) is 8.61. The molecule has 0 unspecified atom stereocenters. The predicted molar refractivity (Wildman–Crippen MR) is 65.1 cm³/mol. The van der Waals surface area contributed by atoms with Crippen LogP contribution in [0, 0.1) is 5.82 Å². The number of nitrogens with two attached hydrogens (primary N) is 1. The maximum absolute atomic E-state index is 12.9. The topological polar surface area (TPSA) is 50.9 Å². The summed E-state index contributed by atoms with van der Waals surface area (Å²) in [5, 5.41) is 4.63. The van der Waals surface area contributed by atoms with Crippen molar-refractivity contribution >= 4 is 21.5 Å². The molecule has 0 amide bonds. The minimum atomic E-state index is -0.198. The number of halogens is 1. The van der Waals surface area contributed by atoms with Crippen LogP contribution < -0.4 is 11.1 Å². The Morgan fingerprint density at radius 1 is 1.44 bits per heavy atom. The van der Waals surface area contributed by atoms with Crippen LogP contribution in [0.1, 0.15) is 5.56 Å². The summed E-state index contributed by atoms with van der Waals surface area (Å²) in [5.41, 5.74) is 6.52. The number of hydrogen-bond acceptors (Lipinski definition) is 4. The van der Waals surface area contributed by atoms with Gasteiger partial charge < -0.3 is 11.1 Å². The molecular weight excluding hydrogens is 225 g/mol. The third-order valence-electron chi connectivity index (χ3n) is 2.10. The van der Waals surface area contributed by atoms with Crippen molar-refractivity contribution in [2.45, 2.75) is 6.42 Å². The van der Waals surface area contributed by atoms with E-state index in [1.807, 2.05) is 6.07 Å². The summed E-state index contributed by atoms with van der Waals surface area (Å²) in [4.78, 5) is 4.07. The molecular formula is C11H12FN3S. The molecule has 0 aliphatic rings. The Hall–Kier alpha value is -1.62. The molecule has 3 N–H and O–H groups in total. The first-order chi connectivity index (χ1) is 7.74. The summed E-state index contributed by atoms with van der Waals surface area (Å²) in [5.74, 6) is -0.198. The summed E-state index contributed by atoms with van der Waals surface area (Å²) in [6.07, 6.45) is 2.38. The normalized spacial score (nSPS) is 10.3. The van der Waals surface area contributed by atoms with Gasteiger partial charge in [-0.25, -0.2) is 9.37 Å². The molecule has 16 heavy (non-hydrogen) atoms. The van der Waals surface area contributed by atoms with Gasteiger partial charge in [0.25, 0.3) is 0 Å². The molecule has 0 atom stereocenters. The van der Waals surface area contributed by atoms with E-state index < -0.39 is 0 Å². The molecule has 5 heteroatoms. The van der Waals surface area contributed by atoms with Crippen molar-refractivity contribution in [1.82, 2.24) is 4.98 Å². The lowest BCUT2D eigenvalue weighted by molar-refractivity contribution is 0.625. The smallest absolute Gasteiger partial charge is 0.184 e. The number of nitrogen functional groups attached to an aromatic ring is 1. The van der Waals surface area contributed by atoms with Crippen LogP contribution in [0.5, 0.6) is 0 Å². The minimum Gasteiger partial charge on any atom is -0.389 e. The second kappa shape index (κ2) is 4.94. The summed E-state index contributed by atoms with van der Waals surface area (Å²) in [6, 6.07) is 6.60. The lowest BCUT2D eigenvalue weighted by Gasteiger charge is -2.02. The number of hydrogen-bond donors (Lipinski definition) is 2. The second-order valence-corrected chi connectivity index (χ2v) is 4.44. The van der Waals surface area contributed by atoms with Gasteiger partial charge in [0.15, 0.2) is 5.13 Å². The molecule has 0 aliphatic heterocycles. The average molecular weight is 237 g/mol. The molecule has 0 aliphatic carbocycles. The van der Waals surface area contributed by atoms with E-state index in [0.717, 1.165) is 23.7 Å². The van der Waals surface area contributed by atoms with E-state index in [4.69, 9.17) is 5.73 Å². The van der Waals surface area contributed by atoms with Gasteiger partial charge in [0.1, 0.15) is 10.8 Å². The fourth-order valence-electron chi connectivity index (χ4n) is 1.37. The zero-order valence-corrected chi connectivity index (χ0v) is 9.43. The molecule has 0 saturated heterocycles. The van der Waals surface area contributed by atoms with Crippen LogP contribution in [0.15, 0.2) is 30.5 Å². The Labute approximate surface area is 97.1 Å². The van der Waals surface area contributed by atoms with E-state index in [2.05, 4.69) is 10.3 Å². The van der Waals surface area contributed by atoms with Crippen LogP contribution in [-0.4, -0.2) is 11.5 Å². The number of nitrogens with one attached hydrogen (secondary N) is 1. The third kappa shape index (κ3) is 2.93. The number of aromatic nitrogens is 1. The van der Waals surface area contributed by atoms with Gasteiger partial charge in [0, 0.05) is 6.54 Å². The molecule has 2 aromatic rings. The SMILES string of the molecule is Nc1cnc(NCCc2cccc(F)c2)s1. The quantitative estimate of drug-likeness (QED) is 0.859. The Morgan fingerprint density at radius 3 is 3.00 bits per heavy atom. The molecule has 1 aromatic carbocycles. The summed E-state index contributed by atoms with van der Waals surface area (Å²) in [6.45, 7) is 0.719. The molecule has 0 saturated carbocycles. The van der Waals surface area contributed by atoms with E-state index in [-0.39, 0.29) is 5.82 Å².